The fraction of sp³-hybridized carbons (Fsp3) is 0.429. The van der Waals surface area contributed by atoms with Crippen molar-refractivity contribution in [2.45, 2.75) is 46.1 Å². The van der Waals surface area contributed by atoms with Gasteiger partial charge in [-0.25, -0.2) is 4.79 Å². The normalized spacial score (nSPS) is 12.3. The Morgan fingerprint density at radius 1 is 1.29 bits per heavy atom. The molecule has 0 aromatic heterocycles. The van der Waals surface area contributed by atoms with Crippen LogP contribution in [-0.2, 0) is 19.1 Å². The van der Waals surface area contributed by atoms with Crippen molar-refractivity contribution in [3.8, 4) is 0 Å². The minimum atomic E-state index is -0.546. The van der Waals surface area contributed by atoms with Crippen molar-refractivity contribution in [2.75, 3.05) is 12.4 Å². The zero-order chi connectivity index (χ0) is 21.3. The monoisotopic (exact) mass is 387 g/mol. The van der Waals surface area contributed by atoms with Crippen molar-refractivity contribution in [1.29, 1.82) is 5.41 Å². The molecule has 1 aromatic rings. The van der Waals surface area contributed by atoms with Gasteiger partial charge in [0.2, 0.25) is 12.3 Å². The summed E-state index contributed by atoms with van der Waals surface area (Å²) in [7, 11) is 1.76. The van der Waals surface area contributed by atoms with Gasteiger partial charge in [-0.15, -0.1) is 0 Å². The number of hydrogen-bond acceptors (Lipinski definition) is 6. The maximum Gasteiger partial charge on any atom is 0.331 e. The molecular weight excluding hydrogens is 358 g/mol. The molecule has 0 aliphatic carbocycles. The minimum Gasteiger partial charge on any atom is -0.457 e. The fourth-order valence-electron chi connectivity index (χ4n) is 2.50. The second kappa shape index (κ2) is 10.4. The third kappa shape index (κ3) is 7.73. The van der Waals surface area contributed by atoms with Crippen molar-refractivity contribution >= 4 is 35.8 Å². The van der Waals surface area contributed by atoms with Crippen LogP contribution in [0, 0.1) is 11.3 Å². The first-order chi connectivity index (χ1) is 13.1. The lowest BCUT2D eigenvalue weighted by molar-refractivity contribution is -0.148. The van der Waals surface area contributed by atoms with E-state index in [1.54, 1.807) is 13.1 Å². The molecule has 1 atom stereocenters. The van der Waals surface area contributed by atoms with E-state index in [9.17, 15) is 14.4 Å². The molecule has 0 aliphatic heterocycles. The van der Waals surface area contributed by atoms with Crippen LogP contribution in [0.25, 0.3) is 6.08 Å². The van der Waals surface area contributed by atoms with Crippen LogP contribution >= 0.6 is 0 Å². The van der Waals surface area contributed by atoms with Crippen molar-refractivity contribution in [2.24, 2.45) is 5.92 Å². The molecule has 0 fully saturated rings. The Balaban J connectivity index is 2.86. The maximum atomic E-state index is 11.8. The van der Waals surface area contributed by atoms with Gasteiger partial charge in [0.15, 0.2) is 0 Å². The maximum absolute atomic E-state index is 11.8. The van der Waals surface area contributed by atoms with Crippen LogP contribution < -0.4 is 10.6 Å². The summed E-state index contributed by atoms with van der Waals surface area (Å²) in [6.45, 7) is 7.29. The minimum absolute atomic E-state index is 0.160. The lowest BCUT2D eigenvalue weighted by Crippen LogP contribution is -2.23. The summed E-state index contributed by atoms with van der Waals surface area (Å²) in [6.07, 6.45) is 4.03. The van der Waals surface area contributed by atoms with Gasteiger partial charge in [-0.05, 0) is 50.8 Å². The molecule has 0 radical (unpaired) electrons. The SMILES string of the molecule is CNc1cc(/C=C/C(=O)OC(C)(C)C)ccc1C(=N)C(C)CCC(=O)NC=O. The number of nitrogens with one attached hydrogen (secondary N) is 3. The zero-order valence-electron chi connectivity index (χ0n) is 17.1. The van der Waals surface area contributed by atoms with Crippen LogP contribution in [0.3, 0.4) is 0 Å². The molecule has 1 rings (SSSR count). The summed E-state index contributed by atoms with van der Waals surface area (Å²) >= 11 is 0. The summed E-state index contributed by atoms with van der Waals surface area (Å²) in [5.74, 6) is -0.934. The number of benzene rings is 1. The smallest absolute Gasteiger partial charge is 0.331 e. The van der Waals surface area contributed by atoms with E-state index in [-0.39, 0.29) is 18.2 Å². The lowest BCUT2D eigenvalue weighted by Gasteiger charge is -2.18. The highest BCUT2D eigenvalue weighted by Gasteiger charge is 2.17. The molecule has 152 valence electrons. The van der Waals surface area contributed by atoms with Crippen LogP contribution in [-0.4, -0.2) is 36.6 Å². The van der Waals surface area contributed by atoms with Gasteiger partial charge in [-0.1, -0.05) is 19.1 Å². The van der Waals surface area contributed by atoms with Gasteiger partial charge in [0.1, 0.15) is 5.60 Å². The van der Waals surface area contributed by atoms with Crippen molar-refractivity contribution < 1.29 is 19.1 Å². The van der Waals surface area contributed by atoms with E-state index in [1.807, 2.05) is 45.9 Å². The van der Waals surface area contributed by atoms with Gasteiger partial charge in [-0.2, -0.15) is 0 Å². The number of ether oxygens (including phenoxy) is 1. The van der Waals surface area contributed by atoms with Crippen LogP contribution in [0.4, 0.5) is 5.69 Å². The third-order valence-corrected chi connectivity index (χ3v) is 3.94. The highest BCUT2D eigenvalue weighted by molar-refractivity contribution is 6.05. The van der Waals surface area contributed by atoms with Crippen LogP contribution in [0.2, 0.25) is 0 Å². The summed E-state index contributed by atoms with van der Waals surface area (Å²) in [6, 6.07) is 5.47. The van der Waals surface area contributed by atoms with Gasteiger partial charge in [-0.3, -0.25) is 14.9 Å². The first kappa shape index (κ1) is 23.1. The third-order valence-electron chi connectivity index (χ3n) is 3.94. The number of hydrogen-bond donors (Lipinski definition) is 3. The molecule has 0 aliphatic rings. The van der Waals surface area contributed by atoms with Gasteiger partial charge >= 0.3 is 5.97 Å². The topological polar surface area (TPSA) is 108 Å². The molecular formula is C21H29N3O4. The number of carbonyl (C=O) groups is 3. The fourth-order valence-corrected chi connectivity index (χ4v) is 2.50. The van der Waals surface area contributed by atoms with Crippen molar-refractivity contribution in [3.63, 3.8) is 0 Å². The summed E-state index contributed by atoms with van der Waals surface area (Å²) in [5.41, 5.74) is 2.12. The number of amides is 2. The molecule has 7 nitrogen and oxygen atoms in total. The average molecular weight is 387 g/mol. The lowest BCUT2D eigenvalue weighted by atomic mass is 9.92. The van der Waals surface area contributed by atoms with Crippen LogP contribution in [0.15, 0.2) is 24.3 Å². The van der Waals surface area contributed by atoms with E-state index in [4.69, 9.17) is 10.1 Å². The number of anilines is 1. The predicted octanol–water partition coefficient (Wildman–Crippen LogP) is 3.14. The van der Waals surface area contributed by atoms with Gasteiger partial charge < -0.3 is 15.5 Å². The molecule has 3 N–H and O–H groups in total. The van der Waals surface area contributed by atoms with Gasteiger partial charge in [0.25, 0.3) is 0 Å². The van der Waals surface area contributed by atoms with Crippen LogP contribution in [0.5, 0.6) is 0 Å². The molecule has 28 heavy (non-hydrogen) atoms. The highest BCUT2D eigenvalue weighted by atomic mass is 16.6. The van der Waals surface area contributed by atoms with E-state index in [1.165, 1.54) is 6.08 Å². The molecule has 0 bridgehead atoms. The van der Waals surface area contributed by atoms with E-state index >= 15 is 0 Å². The predicted molar refractivity (Wildman–Crippen MR) is 110 cm³/mol. The molecule has 1 unspecified atom stereocenters. The van der Waals surface area contributed by atoms with E-state index < -0.39 is 11.6 Å². The van der Waals surface area contributed by atoms with E-state index in [0.29, 0.717) is 18.5 Å². The van der Waals surface area contributed by atoms with Gasteiger partial charge in [0, 0.05) is 36.5 Å². The summed E-state index contributed by atoms with van der Waals surface area (Å²) in [4.78, 5) is 33.5. The van der Waals surface area contributed by atoms with E-state index in [2.05, 4.69) is 10.6 Å². The zero-order valence-corrected chi connectivity index (χ0v) is 17.1. The standard InChI is InChI=1S/C21H29N3O4/c1-14(6-10-18(26)24-13-25)20(22)16-9-7-15(12-17(16)23-5)8-11-19(27)28-21(2,3)4/h7-9,11-14,22-23H,6,10H2,1-5H3,(H,24,25,26)/b11-8+,22-20?. The summed E-state index contributed by atoms with van der Waals surface area (Å²) < 4.78 is 5.24. The molecule has 0 spiro atoms. The second-order valence-corrected chi connectivity index (χ2v) is 7.46. The van der Waals surface area contributed by atoms with Crippen LogP contribution in [0.1, 0.15) is 51.7 Å². The average Bonchev–Trinajstić information content (AvgIpc) is 2.62. The molecule has 2 amide bonds. The van der Waals surface area contributed by atoms with Crippen molar-refractivity contribution in [3.05, 3.63) is 35.4 Å². The molecule has 1 aromatic carbocycles. The first-order valence-corrected chi connectivity index (χ1v) is 9.12. The Hall–Kier alpha value is -2.96. The Morgan fingerprint density at radius 3 is 2.54 bits per heavy atom. The number of carbonyl (C=O) groups excluding carboxylic acids is 3. The number of imide groups is 1. The quantitative estimate of drug-likeness (QED) is 0.261. The molecule has 7 heteroatoms. The summed E-state index contributed by atoms with van der Waals surface area (Å²) in [5, 5.41) is 13.6. The Bertz CT molecular complexity index is 763. The number of rotatable bonds is 9. The Kier molecular flexibility index (Phi) is 8.57. The molecule has 0 heterocycles. The molecule has 0 saturated carbocycles. The Labute approximate surface area is 166 Å². The highest BCUT2D eigenvalue weighted by Crippen LogP contribution is 2.23. The largest absolute Gasteiger partial charge is 0.457 e. The van der Waals surface area contributed by atoms with Crippen molar-refractivity contribution in [1.82, 2.24) is 5.32 Å². The second-order valence-electron chi connectivity index (χ2n) is 7.46. The first-order valence-electron chi connectivity index (χ1n) is 9.12. The van der Waals surface area contributed by atoms with Gasteiger partial charge in [0.05, 0.1) is 0 Å². The Morgan fingerprint density at radius 2 is 1.96 bits per heavy atom. The molecule has 0 saturated heterocycles. The van der Waals surface area contributed by atoms with E-state index in [0.717, 1.165) is 16.8 Å². The number of esters is 1.